The molecule has 0 spiro atoms. The van der Waals surface area contributed by atoms with Crippen LogP contribution in [0.5, 0.6) is 0 Å². The fourth-order valence-electron chi connectivity index (χ4n) is 0.843. The molecule has 1 amide bonds. The lowest BCUT2D eigenvalue weighted by molar-refractivity contribution is -0.123. The van der Waals surface area contributed by atoms with E-state index in [0.29, 0.717) is 5.82 Å². The number of nitrogens with one attached hydrogen (secondary N) is 1. The van der Waals surface area contributed by atoms with E-state index in [9.17, 15) is 4.79 Å². The average Bonchev–Trinajstić information content (AvgIpc) is 2.59. The molecule has 6 nitrogen and oxygen atoms in total. The van der Waals surface area contributed by atoms with Crippen molar-refractivity contribution < 1.29 is 4.79 Å². The van der Waals surface area contributed by atoms with Crippen LogP contribution in [0.15, 0.2) is 6.33 Å². The van der Waals surface area contributed by atoms with Crippen LogP contribution >= 0.6 is 0 Å². The summed E-state index contributed by atoms with van der Waals surface area (Å²) in [5.74, 6) is -0.412. The van der Waals surface area contributed by atoms with E-state index < -0.39 is 5.92 Å². The standard InChI is InChI=1S/C8H11N5O/c1-6(3-9)8(14)10-4-7-11-5-13(2)12-7/h5-6H,4H2,1-2H3,(H,10,14). The normalized spacial score (nSPS) is 11.8. The molecule has 74 valence electrons. The van der Waals surface area contributed by atoms with Crippen LogP contribution in [0, 0.1) is 17.2 Å². The van der Waals surface area contributed by atoms with Gasteiger partial charge in [0, 0.05) is 7.05 Å². The smallest absolute Gasteiger partial charge is 0.237 e. The first-order valence-electron chi connectivity index (χ1n) is 4.15. The van der Waals surface area contributed by atoms with Gasteiger partial charge in [0.1, 0.15) is 12.2 Å². The predicted octanol–water partition coefficient (Wildman–Crippen LogP) is -0.409. The summed E-state index contributed by atoms with van der Waals surface area (Å²) < 4.78 is 1.55. The van der Waals surface area contributed by atoms with Crippen molar-refractivity contribution in [2.24, 2.45) is 13.0 Å². The highest BCUT2D eigenvalue weighted by Crippen LogP contribution is 1.93. The minimum absolute atomic E-state index is 0.256. The SMILES string of the molecule is CC(C#N)C(=O)NCc1ncn(C)n1. The highest BCUT2D eigenvalue weighted by atomic mass is 16.1. The predicted molar refractivity (Wildman–Crippen MR) is 47.6 cm³/mol. The molecular weight excluding hydrogens is 182 g/mol. The highest BCUT2D eigenvalue weighted by Gasteiger charge is 2.11. The lowest BCUT2D eigenvalue weighted by Crippen LogP contribution is -2.28. The van der Waals surface area contributed by atoms with Crippen LogP contribution in [0.4, 0.5) is 0 Å². The van der Waals surface area contributed by atoms with Gasteiger partial charge in [0.05, 0.1) is 12.6 Å². The summed E-state index contributed by atoms with van der Waals surface area (Å²) in [6, 6.07) is 1.85. The molecule has 1 N–H and O–H groups in total. The largest absolute Gasteiger partial charge is 0.348 e. The van der Waals surface area contributed by atoms with Gasteiger partial charge in [-0.05, 0) is 6.92 Å². The Bertz CT molecular complexity index is 364. The van der Waals surface area contributed by atoms with E-state index in [4.69, 9.17) is 5.26 Å². The van der Waals surface area contributed by atoms with E-state index in [1.54, 1.807) is 25.0 Å². The van der Waals surface area contributed by atoms with Crippen molar-refractivity contribution in [2.75, 3.05) is 0 Å². The quantitative estimate of drug-likeness (QED) is 0.707. The summed E-state index contributed by atoms with van der Waals surface area (Å²) in [6.07, 6.45) is 1.55. The van der Waals surface area contributed by atoms with Crippen molar-refractivity contribution in [1.29, 1.82) is 5.26 Å². The van der Waals surface area contributed by atoms with Crippen LogP contribution in [-0.4, -0.2) is 20.7 Å². The number of aryl methyl sites for hydroxylation is 1. The lowest BCUT2D eigenvalue weighted by atomic mass is 10.2. The molecule has 1 rings (SSSR count). The third-order valence-corrected chi connectivity index (χ3v) is 1.65. The zero-order valence-electron chi connectivity index (χ0n) is 8.06. The van der Waals surface area contributed by atoms with Crippen molar-refractivity contribution in [2.45, 2.75) is 13.5 Å². The third kappa shape index (κ3) is 2.55. The Morgan fingerprint density at radius 1 is 1.86 bits per heavy atom. The number of hydrogen-bond acceptors (Lipinski definition) is 4. The lowest BCUT2D eigenvalue weighted by Gasteiger charge is -2.02. The number of carbonyl (C=O) groups excluding carboxylic acids is 1. The maximum Gasteiger partial charge on any atom is 0.237 e. The van der Waals surface area contributed by atoms with Gasteiger partial charge in [0.2, 0.25) is 5.91 Å². The van der Waals surface area contributed by atoms with Crippen molar-refractivity contribution in [3.63, 3.8) is 0 Å². The topological polar surface area (TPSA) is 83.6 Å². The number of carbonyl (C=O) groups is 1. The van der Waals surface area contributed by atoms with Crippen LogP contribution in [0.25, 0.3) is 0 Å². The Morgan fingerprint density at radius 2 is 2.57 bits per heavy atom. The molecule has 14 heavy (non-hydrogen) atoms. The van der Waals surface area contributed by atoms with Crippen molar-refractivity contribution >= 4 is 5.91 Å². The summed E-state index contributed by atoms with van der Waals surface area (Å²) >= 11 is 0. The first-order chi connectivity index (χ1) is 6.63. The van der Waals surface area contributed by atoms with Crippen LogP contribution in [0.3, 0.4) is 0 Å². The number of aromatic nitrogens is 3. The number of nitrogens with zero attached hydrogens (tertiary/aromatic N) is 4. The van der Waals surface area contributed by atoms with Gasteiger partial charge in [0.15, 0.2) is 5.82 Å². The van der Waals surface area contributed by atoms with Gasteiger partial charge >= 0.3 is 0 Å². The molecule has 0 saturated carbocycles. The number of rotatable bonds is 3. The first kappa shape index (κ1) is 10.2. The Morgan fingerprint density at radius 3 is 3.07 bits per heavy atom. The molecule has 0 saturated heterocycles. The molecule has 0 radical (unpaired) electrons. The van der Waals surface area contributed by atoms with Gasteiger partial charge < -0.3 is 5.32 Å². The van der Waals surface area contributed by atoms with Gasteiger partial charge in [-0.3, -0.25) is 9.48 Å². The average molecular weight is 193 g/mol. The van der Waals surface area contributed by atoms with Gasteiger partial charge in [0.25, 0.3) is 0 Å². The molecule has 1 heterocycles. The zero-order chi connectivity index (χ0) is 10.6. The molecule has 1 unspecified atom stereocenters. The molecule has 0 aromatic carbocycles. The van der Waals surface area contributed by atoms with E-state index in [1.165, 1.54) is 0 Å². The maximum atomic E-state index is 11.2. The summed E-state index contributed by atoms with van der Waals surface area (Å²) in [6.45, 7) is 1.80. The maximum absolute atomic E-state index is 11.2. The van der Waals surface area contributed by atoms with Gasteiger partial charge in [-0.1, -0.05) is 0 Å². The summed E-state index contributed by atoms with van der Waals surface area (Å²) in [4.78, 5) is 15.1. The minimum atomic E-state index is -0.640. The van der Waals surface area contributed by atoms with Crippen molar-refractivity contribution in [3.8, 4) is 6.07 Å². The number of nitriles is 1. The van der Waals surface area contributed by atoms with E-state index in [-0.39, 0.29) is 12.5 Å². The molecule has 0 fully saturated rings. The molecule has 0 bridgehead atoms. The monoisotopic (exact) mass is 193 g/mol. The third-order valence-electron chi connectivity index (χ3n) is 1.65. The van der Waals surface area contributed by atoms with Crippen LogP contribution in [0.2, 0.25) is 0 Å². The molecule has 6 heteroatoms. The Labute approximate surface area is 81.6 Å². The fraction of sp³-hybridized carbons (Fsp3) is 0.500. The second-order valence-corrected chi connectivity index (χ2v) is 2.90. The van der Waals surface area contributed by atoms with Gasteiger partial charge in [-0.15, -0.1) is 0 Å². The van der Waals surface area contributed by atoms with Gasteiger partial charge in [-0.2, -0.15) is 10.4 Å². The minimum Gasteiger partial charge on any atom is -0.348 e. The summed E-state index contributed by atoms with van der Waals surface area (Å²) in [5, 5.41) is 15.0. The van der Waals surface area contributed by atoms with E-state index in [0.717, 1.165) is 0 Å². The Balaban J connectivity index is 2.42. The number of amides is 1. The molecule has 0 aliphatic heterocycles. The van der Waals surface area contributed by atoms with Crippen LogP contribution < -0.4 is 5.32 Å². The second kappa shape index (κ2) is 4.37. The zero-order valence-corrected chi connectivity index (χ0v) is 8.06. The molecule has 1 atom stereocenters. The fourth-order valence-corrected chi connectivity index (χ4v) is 0.843. The van der Waals surface area contributed by atoms with Crippen molar-refractivity contribution in [1.82, 2.24) is 20.1 Å². The van der Waals surface area contributed by atoms with Crippen LogP contribution in [0.1, 0.15) is 12.7 Å². The number of hydrogen-bond donors (Lipinski definition) is 1. The highest BCUT2D eigenvalue weighted by molar-refractivity contribution is 5.80. The molecule has 0 aliphatic rings. The van der Waals surface area contributed by atoms with Gasteiger partial charge in [-0.25, -0.2) is 4.98 Å². The van der Waals surface area contributed by atoms with E-state index >= 15 is 0 Å². The molecule has 1 aromatic rings. The Kier molecular flexibility index (Phi) is 3.18. The van der Waals surface area contributed by atoms with Crippen LogP contribution in [-0.2, 0) is 18.4 Å². The van der Waals surface area contributed by atoms with Crippen molar-refractivity contribution in [3.05, 3.63) is 12.2 Å². The summed E-state index contributed by atoms with van der Waals surface area (Å²) in [5.41, 5.74) is 0. The molecule has 1 aromatic heterocycles. The van der Waals surface area contributed by atoms with E-state index in [2.05, 4.69) is 15.4 Å². The Hall–Kier alpha value is -1.90. The molecular formula is C8H11N5O. The molecule has 0 aliphatic carbocycles. The second-order valence-electron chi connectivity index (χ2n) is 2.90. The summed E-state index contributed by atoms with van der Waals surface area (Å²) in [7, 11) is 1.75. The first-order valence-corrected chi connectivity index (χ1v) is 4.15. The van der Waals surface area contributed by atoms with E-state index in [1.807, 2.05) is 6.07 Å².